The predicted molar refractivity (Wildman–Crippen MR) is 103 cm³/mol. The number of hydrogen-bond acceptors (Lipinski definition) is 4. The Morgan fingerprint density at radius 1 is 1.10 bits per heavy atom. The van der Waals surface area contributed by atoms with E-state index < -0.39 is 23.5 Å². The highest BCUT2D eigenvalue weighted by atomic mass is 35.5. The lowest BCUT2D eigenvalue weighted by atomic mass is 10.0. The van der Waals surface area contributed by atoms with Crippen molar-refractivity contribution in [2.24, 2.45) is 4.99 Å². The van der Waals surface area contributed by atoms with Crippen molar-refractivity contribution in [3.63, 3.8) is 0 Å². The van der Waals surface area contributed by atoms with Crippen LogP contribution in [0.15, 0.2) is 53.9 Å². The minimum Gasteiger partial charge on any atom is -0.322 e. The Hall–Kier alpha value is -3.33. The largest absolute Gasteiger partial charge is 0.417 e. The van der Waals surface area contributed by atoms with Gasteiger partial charge in [0.1, 0.15) is 5.82 Å². The number of nitrogens with one attached hydrogen (secondary N) is 1. The fourth-order valence-electron chi connectivity index (χ4n) is 2.96. The normalized spacial score (nSPS) is 13.0. The Bertz CT molecular complexity index is 1190. The predicted octanol–water partition coefficient (Wildman–Crippen LogP) is 5.22. The zero-order valence-electron chi connectivity index (χ0n) is 15.0. The summed E-state index contributed by atoms with van der Waals surface area (Å²) in [7, 11) is 0. The lowest BCUT2D eigenvalue weighted by Gasteiger charge is -2.09. The molecule has 0 unspecified atom stereocenters. The Morgan fingerprint density at radius 3 is 2.63 bits per heavy atom. The number of hydrogen-bond donors (Lipinski definition) is 1. The maximum atomic E-state index is 13.3. The highest BCUT2D eigenvalue weighted by molar-refractivity contribution is 6.34. The second-order valence-corrected chi connectivity index (χ2v) is 6.89. The molecule has 5 nitrogen and oxygen atoms in total. The molecule has 0 fully saturated rings. The molecule has 152 valence electrons. The molecule has 0 radical (unpaired) electrons. The second-order valence-electron chi connectivity index (χ2n) is 6.48. The van der Waals surface area contributed by atoms with E-state index in [2.05, 4.69) is 20.3 Å². The van der Waals surface area contributed by atoms with Crippen molar-refractivity contribution in [3.8, 4) is 0 Å². The van der Waals surface area contributed by atoms with Crippen LogP contribution < -0.4 is 5.32 Å². The zero-order valence-corrected chi connectivity index (χ0v) is 15.7. The third kappa shape index (κ3) is 4.02. The van der Waals surface area contributed by atoms with Crippen LogP contribution in [0.25, 0.3) is 0 Å². The van der Waals surface area contributed by atoms with Gasteiger partial charge in [-0.2, -0.15) is 13.2 Å². The van der Waals surface area contributed by atoms with E-state index in [4.69, 9.17) is 11.6 Å². The first-order valence-corrected chi connectivity index (χ1v) is 8.94. The van der Waals surface area contributed by atoms with Gasteiger partial charge in [0.15, 0.2) is 5.82 Å². The van der Waals surface area contributed by atoms with Crippen LogP contribution in [-0.2, 0) is 12.6 Å². The number of pyridine rings is 2. The average Bonchev–Trinajstić information content (AvgIpc) is 3.12. The molecule has 1 aliphatic heterocycles. The Balaban J connectivity index is 1.59. The van der Waals surface area contributed by atoms with Gasteiger partial charge in [-0.15, -0.1) is 0 Å². The molecule has 10 heteroatoms. The second kappa shape index (κ2) is 7.49. The minimum atomic E-state index is -4.50. The van der Waals surface area contributed by atoms with Crippen LogP contribution in [0, 0.1) is 5.82 Å². The molecular formula is C20H11ClF4N4O. The van der Waals surface area contributed by atoms with E-state index in [1.165, 1.54) is 12.3 Å². The Kier molecular flexibility index (Phi) is 4.98. The van der Waals surface area contributed by atoms with Gasteiger partial charge < -0.3 is 5.32 Å². The average molecular weight is 435 g/mol. The van der Waals surface area contributed by atoms with E-state index in [1.807, 2.05) is 0 Å². The van der Waals surface area contributed by atoms with Gasteiger partial charge >= 0.3 is 6.18 Å². The summed E-state index contributed by atoms with van der Waals surface area (Å²) in [4.78, 5) is 24.0. The molecule has 2 aromatic heterocycles. The number of carbonyl (C=O) groups excluding carboxylic acids is 1. The standard InChI is InChI=1S/C20H11ClF4N4O/c21-16-2-1-14(28-19(30)11-4-13(22)9-26-7-11)6-15(16)17-5-10-3-12(20(23,24)25)8-27-18(10)29-17/h1-4,6-9H,5H2,(H,28,30). The van der Waals surface area contributed by atoms with Crippen LogP contribution >= 0.6 is 11.6 Å². The third-order valence-electron chi connectivity index (χ3n) is 4.37. The van der Waals surface area contributed by atoms with Crippen molar-refractivity contribution < 1.29 is 22.4 Å². The number of aromatic nitrogens is 2. The summed E-state index contributed by atoms with van der Waals surface area (Å²) >= 11 is 6.24. The summed E-state index contributed by atoms with van der Waals surface area (Å²) in [6.45, 7) is 0. The molecule has 1 N–H and O–H groups in total. The third-order valence-corrected chi connectivity index (χ3v) is 4.70. The van der Waals surface area contributed by atoms with E-state index >= 15 is 0 Å². The fourth-order valence-corrected chi connectivity index (χ4v) is 3.18. The van der Waals surface area contributed by atoms with Gasteiger partial charge in [-0.1, -0.05) is 11.6 Å². The molecule has 3 aromatic rings. The van der Waals surface area contributed by atoms with Crippen LogP contribution in [0.5, 0.6) is 0 Å². The number of halogens is 5. The minimum absolute atomic E-state index is 0.0287. The molecule has 1 amide bonds. The van der Waals surface area contributed by atoms with Crippen LogP contribution in [-0.4, -0.2) is 21.6 Å². The number of alkyl halides is 3. The summed E-state index contributed by atoms with van der Waals surface area (Å²) in [5, 5.41) is 2.91. The van der Waals surface area contributed by atoms with Crippen molar-refractivity contribution in [3.05, 3.63) is 82.0 Å². The molecular weight excluding hydrogens is 424 g/mol. The first-order chi connectivity index (χ1) is 14.2. The molecule has 0 saturated heterocycles. The SMILES string of the molecule is O=C(Nc1ccc(Cl)c(C2=Nc3ncc(C(F)(F)F)cc3C2)c1)c1cncc(F)c1. The van der Waals surface area contributed by atoms with E-state index in [-0.39, 0.29) is 17.8 Å². The summed E-state index contributed by atoms with van der Waals surface area (Å²) in [5.74, 6) is -1.04. The van der Waals surface area contributed by atoms with Crippen molar-refractivity contribution in [1.82, 2.24) is 9.97 Å². The Labute approximate surface area is 172 Å². The van der Waals surface area contributed by atoms with Gasteiger partial charge in [0.05, 0.1) is 23.0 Å². The van der Waals surface area contributed by atoms with E-state index in [9.17, 15) is 22.4 Å². The van der Waals surface area contributed by atoms with Gasteiger partial charge in [0, 0.05) is 40.7 Å². The van der Waals surface area contributed by atoms with Gasteiger partial charge in [-0.05, 0) is 30.3 Å². The molecule has 1 aromatic carbocycles. The monoisotopic (exact) mass is 434 g/mol. The number of anilines is 1. The van der Waals surface area contributed by atoms with Crippen molar-refractivity contribution in [2.75, 3.05) is 5.32 Å². The van der Waals surface area contributed by atoms with E-state index in [0.717, 1.165) is 24.5 Å². The number of nitrogens with zero attached hydrogens (tertiary/aromatic N) is 3. The molecule has 4 rings (SSSR count). The van der Waals surface area contributed by atoms with Gasteiger partial charge in [-0.3, -0.25) is 9.78 Å². The maximum absolute atomic E-state index is 13.3. The molecule has 0 bridgehead atoms. The van der Waals surface area contributed by atoms with Gasteiger partial charge in [-0.25, -0.2) is 14.4 Å². The van der Waals surface area contributed by atoms with Gasteiger partial charge in [0.2, 0.25) is 0 Å². The molecule has 1 aliphatic rings. The number of amides is 1. The van der Waals surface area contributed by atoms with Crippen LogP contribution in [0.3, 0.4) is 0 Å². The topological polar surface area (TPSA) is 67.2 Å². The Morgan fingerprint density at radius 2 is 1.90 bits per heavy atom. The van der Waals surface area contributed by atoms with E-state index in [1.54, 1.807) is 12.1 Å². The quantitative estimate of drug-likeness (QED) is 0.575. The first-order valence-electron chi connectivity index (χ1n) is 8.56. The number of fused-ring (bicyclic) bond motifs is 1. The molecule has 30 heavy (non-hydrogen) atoms. The smallest absolute Gasteiger partial charge is 0.322 e. The number of carbonyl (C=O) groups is 1. The summed E-state index contributed by atoms with van der Waals surface area (Å²) in [5.41, 5.74) is 0.723. The zero-order chi connectivity index (χ0) is 21.5. The van der Waals surface area contributed by atoms with Crippen LogP contribution in [0.4, 0.5) is 29.1 Å². The number of rotatable bonds is 3. The first kappa shape index (κ1) is 20.0. The number of aliphatic imine (C=N–C) groups is 1. The van der Waals surface area contributed by atoms with Crippen molar-refractivity contribution in [2.45, 2.75) is 12.6 Å². The molecule has 0 aliphatic carbocycles. The lowest BCUT2D eigenvalue weighted by molar-refractivity contribution is -0.137. The molecule has 0 spiro atoms. The fraction of sp³-hybridized carbons (Fsp3) is 0.100. The van der Waals surface area contributed by atoms with E-state index in [0.29, 0.717) is 27.5 Å². The van der Waals surface area contributed by atoms with Crippen LogP contribution in [0.1, 0.15) is 27.0 Å². The summed E-state index contributed by atoms with van der Waals surface area (Å²) < 4.78 is 52.0. The summed E-state index contributed by atoms with van der Waals surface area (Å²) in [6, 6.07) is 6.66. The molecule has 3 heterocycles. The molecule has 0 atom stereocenters. The highest BCUT2D eigenvalue weighted by Gasteiger charge is 2.32. The van der Waals surface area contributed by atoms with Crippen molar-refractivity contribution in [1.29, 1.82) is 0 Å². The molecule has 0 saturated carbocycles. The van der Waals surface area contributed by atoms with Crippen LogP contribution in [0.2, 0.25) is 5.02 Å². The highest BCUT2D eigenvalue weighted by Crippen LogP contribution is 2.35. The summed E-state index contributed by atoms with van der Waals surface area (Å²) in [6.07, 6.45) is -1.46. The van der Waals surface area contributed by atoms with Crippen molar-refractivity contribution >= 4 is 34.7 Å². The maximum Gasteiger partial charge on any atom is 0.417 e. The number of benzene rings is 1. The lowest BCUT2D eigenvalue weighted by Crippen LogP contribution is -2.13. The van der Waals surface area contributed by atoms with Gasteiger partial charge in [0.25, 0.3) is 5.91 Å².